The van der Waals surface area contributed by atoms with Crippen molar-refractivity contribution in [2.75, 3.05) is 25.1 Å². The van der Waals surface area contributed by atoms with Crippen molar-refractivity contribution in [3.05, 3.63) is 83.4 Å². The van der Waals surface area contributed by atoms with Crippen LogP contribution in [-0.4, -0.2) is 58.0 Å². The number of rotatable bonds is 13. The third-order valence-corrected chi connectivity index (χ3v) is 8.92. The van der Waals surface area contributed by atoms with Gasteiger partial charge in [0, 0.05) is 12.6 Å². The Hall–Kier alpha value is -4.05. The van der Waals surface area contributed by atoms with Crippen molar-refractivity contribution >= 4 is 27.5 Å². The van der Waals surface area contributed by atoms with Gasteiger partial charge in [-0.2, -0.15) is 0 Å². The highest BCUT2D eigenvalue weighted by molar-refractivity contribution is 7.92. The third kappa shape index (κ3) is 7.82. The topological polar surface area (TPSA) is 105 Å². The first-order valence-electron chi connectivity index (χ1n) is 13.9. The van der Waals surface area contributed by atoms with Crippen molar-refractivity contribution < 1.29 is 27.5 Å². The molecule has 0 radical (unpaired) electrons. The molecule has 0 aliphatic rings. The monoisotopic (exact) mass is 595 g/mol. The summed E-state index contributed by atoms with van der Waals surface area (Å²) in [6, 6.07) is 17.8. The number of benzene rings is 3. The molecule has 0 spiro atoms. The minimum Gasteiger partial charge on any atom is -0.497 e. The van der Waals surface area contributed by atoms with Crippen molar-refractivity contribution in [1.82, 2.24) is 10.2 Å². The predicted octanol–water partition coefficient (Wildman–Crippen LogP) is 4.85. The molecule has 0 saturated carbocycles. The summed E-state index contributed by atoms with van der Waals surface area (Å²) in [4.78, 5) is 28.8. The first kappa shape index (κ1) is 32.5. The van der Waals surface area contributed by atoms with E-state index in [2.05, 4.69) is 5.32 Å². The molecule has 0 aromatic heterocycles. The molecule has 0 bridgehead atoms. The molecule has 226 valence electrons. The zero-order valence-corrected chi connectivity index (χ0v) is 26.2. The number of sulfonamides is 1. The Morgan fingerprint density at radius 2 is 1.57 bits per heavy atom. The van der Waals surface area contributed by atoms with E-state index >= 15 is 0 Å². The van der Waals surface area contributed by atoms with Crippen molar-refractivity contribution in [1.29, 1.82) is 0 Å². The van der Waals surface area contributed by atoms with E-state index in [0.717, 1.165) is 27.4 Å². The van der Waals surface area contributed by atoms with Crippen LogP contribution in [-0.2, 0) is 26.2 Å². The number of amides is 2. The molecule has 0 unspecified atom stereocenters. The Kier molecular flexibility index (Phi) is 11.0. The Bertz CT molecular complexity index is 1490. The summed E-state index contributed by atoms with van der Waals surface area (Å²) in [6.07, 6.45) is 0.720. The Morgan fingerprint density at radius 3 is 2.19 bits per heavy atom. The van der Waals surface area contributed by atoms with E-state index in [9.17, 15) is 18.0 Å². The summed E-state index contributed by atoms with van der Waals surface area (Å²) < 4.78 is 40.2. The molecule has 0 fully saturated rings. The van der Waals surface area contributed by atoms with Gasteiger partial charge in [0.1, 0.15) is 24.1 Å². The van der Waals surface area contributed by atoms with E-state index in [1.54, 1.807) is 62.6 Å². The number of hydrogen-bond donors (Lipinski definition) is 1. The molecule has 0 saturated heterocycles. The highest BCUT2D eigenvalue weighted by Crippen LogP contribution is 2.34. The van der Waals surface area contributed by atoms with Crippen LogP contribution in [0, 0.1) is 13.8 Å². The fraction of sp³-hybridized carbons (Fsp3) is 0.375. The van der Waals surface area contributed by atoms with Gasteiger partial charge in [-0.25, -0.2) is 8.42 Å². The van der Waals surface area contributed by atoms with Gasteiger partial charge in [-0.05, 0) is 81.6 Å². The minimum atomic E-state index is -4.22. The fourth-order valence-electron chi connectivity index (χ4n) is 4.36. The molecule has 2 atom stereocenters. The van der Waals surface area contributed by atoms with Gasteiger partial charge >= 0.3 is 0 Å². The molecule has 0 heterocycles. The Morgan fingerprint density at radius 1 is 0.905 bits per heavy atom. The van der Waals surface area contributed by atoms with Crippen LogP contribution in [0.1, 0.15) is 43.9 Å². The molecule has 3 aromatic rings. The molecule has 42 heavy (non-hydrogen) atoms. The number of methoxy groups -OCH3 is 2. The molecular formula is C32H41N3O6S. The number of carbonyl (C=O) groups excluding carboxylic acids is 2. The summed E-state index contributed by atoms with van der Waals surface area (Å²) in [7, 11) is -1.22. The largest absolute Gasteiger partial charge is 0.497 e. The maximum absolute atomic E-state index is 14.2. The van der Waals surface area contributed by atoms with E-state index in [-0.39, 0.29) is 29.1 Å². The molecule has 1 N–H and O–H groups in total. The van der Waals surface area contributed by atoms with Crippen LogP contribution in [0.25, 0.3) is 0 Å². The lowest BCUT2D eigenvalue weighted by Crippen LogP contribution is -2.52. The van der Waals surface area contributed by atoms with E-state index in [1.165, 1.54) is 24.1 Å². The van der Waals surface area contributed by atoms with Crippen LogP contribution in [0.4, 0.5) is 5.69 Å². The number of hydrogen-bond acceptors (Lipinski definition) is 6. The van der Waals surface area contributed by atoms with Gasteiger partial charge in [-0.15, -0.1) is 0 Å². The summed E-state index contributed by atoms with van der Waals surface area (Å²) in [5, 5.41) is 2.94. The average molecular weight is 596 g/mol. The van der Waals surface area contributed by atoms with Crippen LogP contribution in [0.2, 0.25) is 0 Å². The Labute approximate surface area is 249 Å². The highest BCUT2D eigenvalue weighted by atomic mass is 32.2. The van der Waals surface area contributed by atoms with Crippen LogP contribution in [0.3, 0.4) is 0 Å². The van der Waals surface area contributed by atoms with E-state index < -0.39 is 28.5 Å². The summed E-state index contributed by atoms with van der Waals surface area (Å²) >= 11 is 0. The Balaban J connectivity index is 2.10. The molecule has 3 aromatic carbocycles. The predicted molar refractivity (Wildman–Crippen MR) is 164 cm³/mol. The van der Waals surface area contributed by atoms with Crippen LogP contribution in [0.15, 0.2) is 71.6 Å². The zero-order chi connectivity index (χ0) is 31.0. The molecular weight excluding hydrogens is 554 g/mol. The van der Waals surface area contributed by atoms with Crippen molar-refractivity contribution in [3.63, 3.8) is 0 Å². The minimum absolute atomic E-state index is 0.0337. The number of nitrogens with zero attached hydrogens (tertiary/aromatic N) is 2. The SMILES string of the molecule is CC[C@@H](C)NC(=O)[C@H](C)N(Cc1cccc(OC)c1)C(=O)CN(c1cc(C)ccc1OC)S(=O)(=O)c1ccc(C)cc1. The molecule has 0 aliphatic heterocycles. The second kappa shape index (κ2) is 14.2. The van der Waals surface area contributed by atoms with E-state index in [1.807, 2.05) is 33.8 Å². The van der Waals surface area contributed by atoms with Crippen LogP contribution >= 0.6 is 0 Å². The molecule has 3 rings (SSSR count). The summed E-state index contributed by atoms with van der Waals surface area (Å²) in [6.45, 7) is 8.69. The van der Waals surface area contributed by atoms with Crippen LogP contribution < -0.4 is 19.1 Å². The van der Waals surface area contributed by atoms with Gasteiger partial charge in [0.05, 0.1) is 24.8 Å². The second-order valence-electron chi connectivity index (χ2n) is 10.4. The van der Waals surface area contributed by atoms with Gasteiger partial charge in [-0.1, -0.05) is 42.8 Å². The first-order valence-corrected chi connectivity index (χ1v) is 15.3. The average Bonchev–Trinajstić information content (AvgIpc) is 2.98. The van der Waals surface area contributed by atoms with Gasteiger partial charge in [0.2, 0.25) is 11.8 Å². The number of anilines is 1. The fourth-order valence-corrected chi connectivity index (χ4v) is 5.78. The smallest absolute Gasteiger partial charge is 0.264 e. The maximum atomic E-state index is 14.2. The van der Waals surface area contributed by atoms with Crippen molar-refractivity contribution in [2.24, 2.45) is 0 Å². The van der Waals surface area contributed by atoms with Crippen LogP contribution in [0.5, 0.6) is 11.5 Å². The molecule has 0 aliphatic carbocycles. The van der Waals surface area contributed by atoms with Gasteiger partial charge in [-0.3, -0.25) is 13.9 Å². The second-order valence-corrected chi connectivity index (χ2v) is 12.2. The number of nitrogens with one attached hydrogen (secondary N) is 1. The lowest BCUT2D eigenvalue weighted by atomic mass is 10.1. The number of ether oxygens (including phenoxy) is 2. The third-order valence-electron chi connectivity index (χ3n) is 7.15. The summed E-state index contributed by atoms with van der Waals surface area (Å²) in [5.74, 6) is 0.0150. The van der Waals surface area contributed by atoms with Crippen molar-refractivity contribution in [3.8, 4) is 11.5 Å². The van der Waals surface area contributed by atoms with Crippen molar-refractivity contribution in [2.45, 2.75) is 64.6 Å². The first-order chi connectivity index (χ1) is 19.9. The van der Waals surface area contributed by atoms with E-state index in [4.69, 9.17) is 9.47 Å². The van der Waals surface area contributed by atoms with Gasteiger partial charge in [0.15, 0.2) is 0 Å². The highest BCUT2D eigenvalue weighted by Gasteiger charge is 2.34. The normalized spacial score (nSPS) is 12.6. The quantitative estimate of drug-likeness (QED) is 0.303. The van der Waals surface area contributed by atoms with Gasteiger partial charge < -0.3 is 19.7 Å². The summed E-state index contributed by atoms with van der Waals surface area (Å²) in [5.41, 5.74) is 2.64. The van der Waals surface area contributed by atoms with E-state index in [0.29, 0.717) is 11.5 Å². The molecule has 9 nitrogen and oxygen atoms in total. The standard InChI is InChI=1S/C32H41N3O6S/c1-8-24(4)33-32(37)25(5)34(20-26-10-9-11-27(19-26)40-6)31(36)21-35(29-18-23(3)14-17-30(29)41-7)42(38,39)28-15-12-22(2)13-16-28/h9-19,24-25H,8,20-21H2,1-7H3,(H,33,37)/t24-,25+/m1/s1. The lowest BCUT2D eigenvalue weighted by Gasteiger charge is -2.33. The zero-order valence-electron chi connectivity index (χ0n) is 25.4. The lowest BCUT2D eigenvalue weighted by molar-refractivity contribution is -0.139. The van der Waals surface area contributed by atoms with Gasteiger partial charge in [0.25, 0.3) is 10.0 Å². The number of aryl methyl sites for hydroxylation is 2. The molecule has 2 amide bonds. The number of carbonyl (C=O) groups is 2. The molecule has 10 heteroatoms. The maximum Gasteiger partial charge on any atom is 0.264 e.